The molecule has 20 heavy (non-hydrogen) atoms. The number of aromatic nitrogens is 2. The molecule has 2 aromatic rings. The molecule has 0 amide bonds. The molecule has 0 unspecified atom stereocenters. The lowest BCUT2D eigenvalue weighted by Gasteiger charge is -2.24. The number of methoxy groups -OCH3 is 1. The standard InChI is InChI=1S/C15H21N3OS/c1-10-8-17-12(11(2)13(10)19-5)9-18-15(3,4)14-16-6-7-20-14/h6-8,18H,9H2,1-5H3. The Kier molecular flexibility index (Phi) is 4.40. The van der Waals surface area contributed by atoms with Crippen molar-refractivity contribution in [1.29, 1.82) is 0 Å². The summed E-state index contributed by atoms with van der Waals surface area (Å²) in [5.74, 6) is 0.920. The van der Waals surface area contributed by atoms with E-state index in [-0.39, 0.29) is 5.54 Å². The van der Waals surface area contributed by atoms with E-state index in [4.69, 9.17) is 4.74 Å². The van der Waals surface area contributed by atoms with Crippen LogP contribution in [-0.4, -0.2) is 17.1 Å². The van der Waals surface area contributed by atoms with Crippen LogP contribution in [0.5, 0.6) is 5.75 Å². The highest BCUT2D eigenvalue weighted by Gasteiger charge is 2.23. The van der Waals surface area contributed by atoms with Gasteiger partial charge in [0.05, 0.1) is 18.3 Å². The minimum absolute atomic E-state index is 0.166. The number of ether oxygens (including phenoxy) is 1. The molecule has 5 heteroatoms. The Labute approximate surface area is 124 Å². The van der Waals surface area contributed by atoms with Crippen LogP contribution in [-0.2, 0) is 12.1 Å². The van der Waals surface area contributed by atoms with Gasteiger partial charge in [0.2, 0.25) is 0 Å². The molecule has 2 rings (SSSR count). The highest BCUT2D eigenvalue weighted by Crippen LogP contribution is 2.26. The fourth-order valence-electron chi connectivity index (χ4n) is 2.16. The summed E-state index contributed by atoms with van der Waals surface area (Å²) >= 11 is 1.66. The van der Waals surface area contributed by atoms with E-state index in [0.29, 0.717) is 6.54 Å². The minimum Gasteiger partial charge on any atom is -0.496 e. The van der Waals surface area contributed by atoms with Gasteiger partial charge in [0.15, 0.2) is 0 Å². The van der Waals surface area contributed by atoms with Crippen LogP contribution >= 0.6 is 11.3 Å². The average molecular weight is 291 g/mol. The molecule has 0 aliphatic heterocycles. The van der Waals surface area contributed by atoms with Crippen LogP contribution in [0.3, 0.4) is 0 Å². The molecular formula is C15H21N3OS. The lowest BCUT2D eigenvalue weighted by molar-refractivity contribution is 0.389. The number of nitrogens with one attached hydrogen (secondary N) is 1. The third-order valence-corrected chi connectivity index (χ3v) is 4.51. The van der Waals surface area contributed by atoms with Gasteiger partial charge in [-0.25, -0.2) is 4.98 Å². The van der Waals surface area contributed by atoms with E-state index in [2.05, 4.69) is 29.1 Å². The summed E-state index contributed by atoms with van der Waals surface area (Å²) in [5, 5.41) is 6.59. The van der Waals surface area contributed by atoms with Crippen molar-refractivity contribution in [2.24, 2.45) is 0 Å². The van der Waals surface area contributed by atoms with Gasteiger partial charge in [-0.2, -0.15) is 0 Å². The number of pyridine rings is 1. The van der Waals surface area contributed by atoms with Gasteiger partial charge < -0.3 is 10.1 Å². The molecule has 4 nitrogen and oxygen atoms in total. The van der Waals surface area contributed by atoms with Crippen molar-refractivity contribution in [3.8, 4) is 5.75 Å². The molecule has 0 spiro atoms. The van der Waals surface area contributed by atoms with E-state index in [0.717, 1.165) is 27.6 Å². The van der Waals surface area contributed by atoms with Crippen LogP contribution in [0, 0.1) is 13.8 Å². The van der Waals surface area contributed by atoms with Crippen molar-refractivity contribution in [2.75, 3.05) is 7.11 Å². The molecule has 0 fully saturated rings. The van der Waals surface area contributed by atoms with Crippen molar-refractivity contribution in [1.82, 2.24) is 15.3 Å². The normalized spacial score (nSPS) is 11.7. The number of hydrogen-bond donors (Lipinski definition) is 1. The lowest BCUT2D eigenvalue weighted by atomic mass is 10.1. The van der Waals surface area contributed by atoms with E-state index in [1.807, 2.05) is 31.6 Å². The van der Waals surface area contributed by atoms with Crippen LogP contribution in [0.15, 0.2) is 17.8 Å². The van der Waals surface area contributed by atoms with E-state index in [9.17, 15) is 0 Å². The van der Waals surface area contributed by atoms with Gasteiger partial charge in [-0.3, -0.25) is 4.98 Å². The first-order valence-electron chi connectivity index (χ1n) is 6.59. The first-order chi connectivity index (χ1) is 9.45. The number of hydrogen-bond acceptors (Lipinski definition) is 5. The fraction of sp³-hybridized carbons (Fsp3) is 0.467. The van der Waals surface area contributed by atoms with Crippen LogP contribution in [0.4, 0.5) is 0 Å². The quantitative estimate of drug-likeness (QED) is 0.919. The summed E-state index contributed by atoms with van der Waals surface area (Å²) in [4.78, 5) is 8.89. The van der Waals surface area contributed by atoms with Gasteiger partial charge in [-0.15, -0.1) is 11.3 Å². The molecule has 2 heterocycles. The number of nitrogens with zero attached hydrogens (tertiary/aromatic N) is 2. The first-order valence-corrected chi connectivity index (χ1v) is 7.47. The summed E-state index contributed by atoms with van der Waals surface area (Å²) < 4.78 is 5.44. The monoisotopic (exact) mass is 291 g/mol. The molecule has 0 bridgehead atoms. The highest BCUT2D eigenvalue weighted by atomic mass is 32.1. The average Bonchev–Trinajstić information content (AvgIpc) is 2.93. The maximum Gasteiger partial charge on any atom is 0.128 e. The summed E-state index contributed by atoms with van der Waals surface area (Å²) in [5.41, 5.74) is 3.00. The Morgan fingerprint density at radius 1 is 1.30 bits per heavy atom. The molecule has 0 aliphatic rings. The summed E-state index contributed by atoms with van der Waals surface area (Å²) in [7, 11) is 1.70. The second kappa shape index (κ2) is 5.89. The third kappa shape index (κ3) is 2.99. The predicted molar refractivity (Wildman–Crippen MR) is 82.2 cm³/mol. The van der Waals surface area contributed by atoms with Gasteiger partial charge in [0, 0.05) is 35.4 Å². The van der Waals surface area contributed by atoms with Crippen molar-refractivity contribution in [2.45, 2.75) is 39.8 Å². The fourth-order valence-corrected chi connectivity index (χ4v) is 2.90. The predicted octanol–water partition coefficient (Wildman–Crippen LogP) is 3.19. The Balaban J connectivity index is 2.16. The van der Waals surface area contributed by atoms with Crippen molar-refractivity contribution in [3.63, 3.8) is 0 Å². The number of rotatable bonds is 5. The topological polar surface area (TPSA) is 47.0 Å². The molecule has 0 aliphatic carbocycles. The lowest BCUT2D eigenvalue weighted by Crippen LogP contribution is -2.36. The Hall–Kier alpha value is -1.46. The van der Waals surface area contributed by atoms with Crippen molar-refractivity contribution < 1.29 is 4.74 Å². The smallest absolute Gasteiger partial charge is 0.128 e. The molecule has 0 radical (unpaired) electrons. The zero-order chi connectivity index (χ0) is 14.8. The Morgan fingerprint density at radius 2 is 2.05 bits per heavy atom. The van der Waals surface area contributed by atoms with Gasteiger partial charge in [0.1, 0.15) is 10.8 Å². The van der Waals surface area contributed by atoms with E-state index < -0.39 is 0 Å². The Bertz CT molecular complexity index is 579. The minimum atomic E-state index is -0.166. The summed E-state index contributed by atoms with van der Waals surface area (Å²) in [6.07, 6.45) is 3.70. The maximum atomic E-state index is 5.44. The van der Waals surface area contributed by atoms with Crippen LogP contribution in [0.1, 0.15) is 35.7 Å². The van der Waals surface area contributed by atoms with Gasteiger partial charge in [-0.1, -0.05) is 0 Å². The second-order valence-electron chi connectivity index (χ2n) is 5.36. The van der Waals surface area contributed by atoms with E-state index in [1.165, 1.54) is 0 Å². The largest absolute Gasteiger partial charge is 0.496 e. The van der Waals surface area contributed by atoms with Crippen LogP contribution in [0.25, 0.3) is 0 Å². The maximum absolute atomic E-state index is 5.44. The van der Waals surface area contributed by atoms with Crippen molar-refractivity contribution in [3.05, 3.63) is 39.6 Å². The van der Waals surface area contributed by atoms with E-state index >= 15 is 0 Å². The summed E-state index contributed by atoms with van der Waals surface area (Å²) in [6, 6.07) is 0. The zero-order valence-corrected chi connectivity index (χ0v) is 13.5. The SMILES string of the molecule is COc1c(C)cnc(CNC(C)(C)c2nccs2)c1C. The third-order valence-electron chi connectivity index (χ3n) is 3.41. The molecule has 1 N–H and O–H groups in total. The highest BCUT2D eigenvalue weighted by molar-refractivity contribution is 7.09. The molecule has 0 aromatic carbocycles. The van der Waals surface area contributed by atoms with E-state index in [1.54, 1.807) is 18.4 Å². The molecule has 0 atom stereocenters. The van der Waals surface area contributed by atoms with Crippen molar-refractivity contribution >= 4 is 11.3 Å². The Morgan fingerprint density at radius 3 is 2.65 bits per heavy atom. The number of thiazole rings is 1. The van der Waals surface area contributed by atoms with Gasteiger partial charge in [0.25, 0.3) is 0 Å². The first kappa shape index (κ1) is 14.9. The molecular weight excluding hydrogens is 270 g/mol. The molecule has 2 aromatic heterocycles. The van der Waals surface area contributed by atoms with Crippen LogP contribution < -0.4 is 10.1 Å². The molecule has 0 saturated heterocycles. The molecule has 108 valence electrons. The molecule has 0 saturated carbocycles. The second-order valence-corrected chi connectivity index (χ2v) is 6.26. The van der Waals surface area contributed by atoms with Gasteiger partial charge in [-0.05, 0) is 27.7 Å². The van der Waals surface area contributed by atoms with Crippen LogP contribution in [0.2, 0.25) is 0 Å². The van der Waals surface area contributed by atoms with Gasteiger partial charge >= 0.3 is 0 Å². The zero-order valence-electron chi connectivity index (χ0n) is 12.7. The number of aryl methyl sites for hydroxylation is 1. The summed E-state index contributed by atoms with van der Waals surface area (Å²) in [6.45, 7) is 9.01.